The molecule has 20 heavy (non-hydrogen) atoms. The van der Waals surface area contributed by atoms with Gasteiger partial charge in [-0.2, -0.15) is 0 Å². The predicted molar refractivity (Wildman–Crippen MR) is 72.5 cm³/mol. The third-order valence-electron chi connectivity index (χ3n) is 4.44. The van der Waals surface area contributed by atoms with Crippen LogP contribution in [0.25, 0.3) is 0 Å². The van der Waals surface area contributed by atoms with Crippen molar-refractivity contribution in [2.75, 3.05) is 19.6 Å². The SMILES string of the molecule is Cn1c(C(=O)N2CCCC3CNCC32)ccc1[N+](=O)[O-]. The topological polar surface area (TPSA) is 80.4 Å². The molecule has 108 valence electrons. The molecule has 0 bridgehead atoms. The highest BCUT2D eigenvalue weighted by Crippen LogP contribution is 2.28. The fourth-order valence-electron chi connectivity index (χ4n) is 3.37. The van der Waals surface area contributed by atoms with Gasteiger partial charge in [0.1, 0.15) is 0 Å². The van der Waals surface area contributed by atoms with Crippen LogP contribution in [0.1, 0.15) is 23.3 Å². The van der Waals surface area contributed by atoms with E-state index in [0.717, 1.165) is 32.5 Å². The third-order valence-corrected chi connectivity index (χ3v) is 4.44. The fourth-order valence-corrected chi connectivity index (χ4v) is 3.37. The predicted octanol–water partition coefficient (Wildman–Crippen LogP) is 0.757. The van der Waals surface area contributed by atoms with Crippen LogP contribution in [-0.4, -0.2) is 46.0 Å². The summed E-state index contributed by atoms with van der Waals surface area (Å²) in [6.45, 7) is 2.52. The number of hydrogen-bond donors (Lipinski definition) is 1. The number of rotatable bonds is 2. The molecule has 3 heterocycles. The summed E-state index contributed by atoms with van der Waals surface area (Å²) in [6.07, 6.45) is 2.15. The van der Waals surface area contributed by atoms with Crippen LogP contribution in [0.4, 0.5) is 5.82 Å². The molecule has 7 heteroatoms. The zero-order chi connectivity index (χ0) is 14.3. The quantitative estimate of drug-likeness (QED) is 0.639. The van der Waals surface area contributed by atoms with Gasteiger partial charge in [0, 0.05) is 31.7 Å². The summed E-state index contributed by atoms with van der Waals surface area (Å²) >= 11 is 0. The molecule has 2 fully saturated rings. The number of likely N-dealkylation sites (tertiary alicyclic amines) is 1. The third kappa shape index (κ3) is 1.98. The smallest absolute Gasteiger partial charge is 0.323 e. The number of piperidine rings is 1. The number of carbonyl (C=O) groups excluding carboxylic acids is 1. The lowest BCUT2D eigenvalue weighted by Crippen LogP contribution is -2.48. The second-order valence-electron chi connectivity index (χ2n) is 5.52. The highest BCUT2D eigenvalue weighted by molar-refractivity contribution is 5.93. The van der Waals surface area contributed by atoms with E-state index in [4.69, 9.17) is 0 Å². The van der Waals surface area contributed by atoms with Gasteiger partial charge in [-0.15, -0.1) is 0 Å². The summed E-state index contributed by atoms with van der Waals surface area (Å²) in [5, 5.41) is 14.2. The average molecular weight is 278 g/mol. The van der Waals surface area contributed by atoms with Crippen LogP contribution in [0.5, 0.6) is 0 Å². The fraction of sp³-hybridized carbons (Fsp3) is 0.615. The minimum absolute atomic E-state index is 0.0496. The van der Waals surface area contributed by atoms with Crippen LogP contribution in [0.3, 0.4) is 0 Å². The molecular formula is C13H18N4O3. The van der Waals surface area contributed by atoms with Crippen LogP contribution in [-0.2, 0) is 7.05 Å². The van der Waals surface area contributed by atoms with Crippen molar-refractivity contribution in [3.05, 3.63) is 27.9 Å². The Balaban J connectivity index is 1.86. The summed E-state index contributed by atoms with van der Waals surface area (Å²) in [5.74, 6) is 0.369. The van der Waals surface area contributed by atoms with Crippen molar-refractivity contribution >= 4 is 11.7 Å². The summed E-state index contributed by atoms with van der Waals surface area (Å²) in [5.41, 5.74) is 0.393. The molecule has 0 radical (unpaired) electrons. The molecule has 0 spiro atoms. The Labute approximate surface area is 116 Å². The maximum Gasteiger partial charge on any atom is 0.323 e. The first kappa shape index (κ1) is 13.1. The number of nitrogens with zero attached hydrogens (tertiary/aromatic N) is 3. The van der Waals surface area contributed by atoms with E-state index in [1.165, 1.54) is 10.6 Å². The van der Waals surface area contributed by atoms with Crippen molar-refractivity contribution in [3.8, 4) is 0 Å². The molecule has 1 N–H and O–H groups in total. The molecule has 1 amide bonds. The molecular weight excluding hydrogens is 260 g/mol. The number of hydrogen-bond acceptors (Lipinski definition) is 4. The Hall–Kier alpha value is -1.89. The maximum absolute atomic E-state index is 12.7. The molecule has 3 rings (SSSR count). The monoisotopic (exact) mass is 278 g/mol. The van der Waals surface area contributed by atoms with E-state index in [-0.39, 0.29) is 17.8 Å². The number of nitro groups is 1. The standard InChI is InChI=1S/C13H18N4O3/c1-15-10(4-5-12(15)17(19)20)13(18)16-6-2-3-9-7-14-8-11(9)16/h4-5,9,11,14H,2-3,6-8H2,1H3. The lowest BCUT2D eigenvalue weighted by molar-refractivity contribution is -0.391. The number of fused-ring (bicyclic) bond motifs is 1. The lowest BCUT2D eigenvalue weighted by atomic mass is 9.92. The van der Waals surface area contributed by atoms with Gasteiger partial charge in [0.15, 0.2) is 5.69 Å². The van der Waals surface area contributed by atoms with E-state index in [2.05, 4.69) is 5.32 Å². The van der Waals surface area contributed by atoms with Crippen molar-refractivity contribution in [1.29, 1.82) is 0 Å². The molecule has 2 saturated heterocycles. The van der Waals surface area contributed by atoms with Crippen LogP contribution < -0.4 is 5.32 Å². The lowest BCUT2D eigenvalue weighted by Gasteiger charge is -2.36. The molecule has 0 saturated carbocycles. The highest BCUT2D eigenvalue weighted by Gasteiger charge is 2.39. The van der Waals surface area contributed by atoms with Crippen LogP contribution >= 0.6 is 0 Å². The summed E-state index contributed by atoms with van der Waals surface area (Å²) in [6, 6.07) is 3.17. The number of aromatic nitrogens is 1. The van der Waals surface area contributed by atoms with Gasteiger partial charge in [-0.25, -0.2) is 4.57 Å². The van der Waals surface area contributed by atoms with Gasteiger partial charge in [-0.3, -0.25) is 4.79 Å². The van der Waals surface area contributed by atoms with E-state index < -0.39 is 4.92 Å². The van der Waals surface area contributed by atoms with E-state index >= 15 is 0 Å². The second-order valence-corrected chi connectivity index (χ2v) is 5.52. The molecule has 2 unspecified atom stereocenters. The zero-order valence-corrected chi connectivity index (χ0v) is 11.4. The summed E-state index contributed by atoms with van der Waals surface area (Å²) in [7, 11) is 1.57. The highest BCUT2D eigenvalue weighted by atomic mass is 16.6. The molecule has 0 aromatic carbocycles. The molecule has 1 aromatic heterocycles. The average Bonchev–Trinajstić information content (AvgIpc) is 3.03. The first-order valence-electron chi connectivity index (χ1n) is 6.91. The maximum atomic E-state index is 12.7. The first-order chi connectivity index (χ1) is 9.59. The van der Waals surface area contributed by atoms with E-state index in [1.54, 1.807) is 13.1 Å². The number of amides is 1. The van der Waals surface area contributed by atoms with Crippen LogP contribution in [0.15, 0.2) is 12.1 Å². The minimum atomic E-state index is -0.465. The van der Waals surface area contributed by atoms with Crippen molar-refractivity contribution in [3.63, 3.8) is 0 Å². The van der Waals surface area contributed by atoms with Gasteiger partial charge in [0.25, 0.3) is 5.91 Å². The van der Waals surface area contributed by atoms with Gasteiger partial charge in [-0.05, 0) is 29.7 Å². The molecule has 1 aromatic rings. The van der Waals surface area contributed by atoms with Gasteiger partial charge >= 0.3 is 5.82 Å². The molecule has 2 atom stereocenters. The van der Waals surface area contributed by atoms with Gasteiger partial charge in [0.2, 0.25) is 0 Å². The van der Waals surface area contributed by atoms with Crippen molar-refractivity contribution in [1.82, 2.24) is 14.8 Å². The molecule has 2 aliphatic rings. The Morgan fingerprint density at radius 2 is 2.25 bits per heavy atom. The summed E-state index contributed by atoms with van der Waals surface area (Å²) in [4.78, 5) is 24.9. The van der Waals surface area contributed by atoms with Gasteiger partial charge < -0.3 is 20.3 Å². The Morgan fingerprint density at radius 1 is 1.45 bits per heavy atom. The van der Waals surface area contributed by atoms with Gasteiger partial charge in [-0.1, -0.05) is 0 Å². The first-order valence-corrected chi connectivity index (χ1v) is 6.91. The van der Waals surface area contributed by atoms with E-state index in [9.17, 15) is 14.9 Å². The van der Waals surface area contributed by atoms with Crippen molar-refractivity contribution in [2.24, 2.45) is 13.0 Å². The Morgan fingerprint density at radius 3 is 2.95 bits per heavy atom. The number of nitrogens with one attached hydrogen (secondary N) is 1. The van der Waals surface area contributed by atoms with E-state index in [0.29, 0.717) is 11.6 Å². The molecule has 2 aliphatic heterocycles. The molecule has 0 aliphatic carbocycles. The van der Waals surface area contributed by atoms with Crippen molar-refractivity contribution in [2.45, 2.75) is 18.9 Å². The summed E-state index contributed by atoms with van der Waals surface area (Å²) < 4.78 is 1.37. The minimum Gasteiger partial charge on any atom is -0.358 e. The normalized spacial score (nSPS) is 25.6. The van der Waals surface area contributed by atoms with Crippen LogP contribution in [0, 0.1) is 16.0 Å². The number of carbonyl (C=O) groups is 1. The van der Waals surface area contributed by atoms with Crippen molar-refractivity contribution < 1.29 is 9.72 Å². The van der Waals surface area contributed by atoms with E-state index in [1.807, 2.05) is 4.90 Å². The Kier molecular flexibility index (Phi) is 3.21. The second kappa shape index (κ2) is 4.90. The molecule has 7 nitrogen and oxygen atoms in total. The van der Waals surface area contributed by atoms with Crippen LogP contribution in [0.2, 0.25) is 0 Å². The Bertz CT molecular complexity index is 554. The van der Waals surface area contributed by atoms with Gasteiger partial charge in [0.05, 0.1) is 7.05 Å². The zero-order valence-electron chi connectivity index (χ0n) is 11.4. The largest absolute Gasteiger partial charge is 0.358 e.